The summed E-state index contributed by atoms with van der Waals surface area (Å²) in [4.78, 5) is 22.7. The van der Waals surface area contributed by atoms with Crippen molar-refractivity contribution in [2.24, 2.45) is 0 Å². The summed E-state index contributed by atoms with van der Waals surface area (Å²) in [5, 5.41) is 0. The Kier molecular flexibility index (Phi) is 4.63. The molecular formula is C12H13FO4. The van der Waals surface area contributed by atoms with Crippen LogP contribution in [0.1, 0.15) is 17.9 Å². The summed E-state index contributed by atoms with van der Waals surface area (Å²) in [7, 11) is 2.39. The molecule has 0 amide bonds. The third kappa shape index (κ3) is 3.27. The number of halogens is 1. The standard InChI is InChI=1S/C12H13FO4/c1-16-11(14)7-9(12(15)17-2)8-5-3-4-6-10(8)13/h3-6,9H,7H2,1-2H3. The predicted molar refractivity (Wildman–Crippen MR) is 57.8 cm³/mol. The third-order valence-corrected chi connectivity index (χ3v) is 2.36. The molecule has 0 radical (unpaired) electrons. The number of rotatable bonds is 4. The Morgan fingerprint density at radius 2 is 1.88 bits per heavy atom. The first-order chi connectivity index (χ1) is 8.10. The zero-order chi connectivity index (χ0) is 12.8. The van der Waals surface area contributed by atoms with E-state index in [4.69, 9.17) is 0 Å². The van der Waals surface area contributed by atoms with Crippen LogP contribution in [0.2, 0.25) is 0 Å². The summed E-state index contributed by atoms with van der Waals surface area (Å²) >= 11 is 0. The van der Waals surface area contributed by atoms with Crippen LogP contribution in [0, 0.1) is 5.82 Å². The van der Waals surface area contributed by atoms with Crippen molar-refractivity contribution in [1.29, 1.82) is 0 Å². The van der Waals surface area contributed by atoms with E-state index < -0.39 is 23.7 Å². The number of methoxy groups -OCH3 is 2. The Labute approximate surface area is 98.3 Å². The Balaban J connectivity index is 3.02. The molecular weight excluding hydrogens is 227 g/mol. The van der Waals surface area contributed by atoms with Gasteiger partial charge in [0.25, 0.3) is 0 Å². The minimum absolute atomic E-state index is 0.129. The van der Waals surface area contributed by atoms with Gasteiger partial charge in [-0.2, -0.15) is 0 Å². The maximum Gasteiger partial charge on any atom is 0.313 e. The summed E-state index contributed by atoms with van der Waals surface area (Å²) < 4.78 is 22.6. The molecule has 1 atom stereocenters. The molecule has 5 heteroatoms. The summed E-state index contributed by atoms with van der Waals surface area (Å²) in [6.07, 6.45) is -0.246. The number of benzene rings is 1. The molecule has 0 aliphatic rings. The summed E-state index contributed by atoms with van der Waals surface area (Å²) in [6, 6.07) is 5.76. The molecule has 17 heavy (non-hydrogen) atoms. The molecule has 0 aromatic heterocycles. The molecule has 4 nitrogen and oxygen atoms in total. The van der Waals surface area contributed by atoms with E-state index in [1.807, 2.05) is 0 Å². The summed E-state index contributed by atoms with van der Waals surface area (Å²) in [6.45, 7) is 0. The van der Waals surface area contributed by atoms with Gasteiger partial charge >= 0.3 is 11.9 Å². The van der Waals surface area contributed by atoms with Crippen molar-refractivity contribution < 1.29 is 23.5 Å². The largest absolute Gasteiger partial charge is 0.469 e. The average molecular weight is 240 g/mol. The number of hydrogen-bond acceptors (Lipinski definition) is 4. The Morgan fingerprint density at radius 1 is 1.24 bits per heavy atom. The second kappa shape index (κ2) is 5.98. The first kappa shape index (κ1) is 13.2. The van der Waals surface area contributed by atoms with Crippen LogP contribution in [0.5, 0.6) is 0 Å². The van der Waals surface area contributed by atoms with Crippen molar-refractivity contribution in [3.63, 3.8) is 0 Å². The van der Waals surface area contributed by atoms with Gasteiger partial charge in [0.1, 0.15) is 5.82 Å². The van der Waals surface area contributed by atoms with E-state index in [2.05, 4.69) is 9.47 Å². The smallest absolute Gasteiger partial charge is 0.313 e. The lowest BCUT2D eigenvalue weighted by Crippen LogP contribution is -2.19. The minimum Gasteiger partial charge on any atom is -0.469 e. The molecule has 0 aliphatic heterocycles. The van der Waals surface area contributed by atoms with E-state index in [1.54, 1.807) is 6.07 Å². The first-order valence-corrected chi connectivity index (χ1v) is 4.99. The first-order valence-electron chi connectivity index (χ1n) is 4.99. The molecule has 0 aliphatic carbocycles. The van der Waals surface area contributed by atoms with Gasteiger partial charge in [-0.05, 0) is 6.07 Å². The fraction of sp³-hybridized carbons (Fsp3) is 0.333. The summed E-state index contributed by atoms with van der Waals surface area (Å²) in [5.41, 5.74) is 0.129. The molecule has 1 rings (SSSR count). The lowest BCUT2D eigenvalue weighted by atomic mass is 9.95. The fourth-order valence-corrected chi connectivity index (χ4v) is 1.47. The Morgan fingerprint density at radius 3 is 2.41 bits per heavy atom. The molecule has 0 spiro atoms. The van der Waals surface area contributed by atoms with Crippen molar-refractivity contribution >= 4 is 11.9 Å². The normalized spacial score (nSPS) is 11.7. The van der Waals surface area contributed by atoms with Crippen LogP contribution in [-0.4, -0.2) is 26.2 Å². The van der Waals surface area contributed by atoms with E-state index in [0.717, 1.165) is 0 Å². The molecule has 1 aromatic rings. The van der Waals surface area contributed by atoms with Crippen molar-refractivity contribution in [3.8, 4) is 0 Å². The van der Waals surface area contributed by atoms with Crippen molar-refractivity contribution in [2.75, 3.05) is 14.2 Å². The van der Waals surface area contributed by atoms with Crippen LogP contribution in [0.3, 0.4) is 0 Å². The van der Waals surface area contributed by atoms with Crippen molar-refractivity contribution in [1.82, 2.24) is 0 Å². The fourth-order valence-electron chi connectivity index (χ4n) is 1.47. The maximum absolute atomic E-state index is 13.5. The quantitative estimate of drug-likeness (QED) is 0.751. The van der Waals surface area contributed by atoms with E-state index >= 15 is 0 Å². The topological polar surface area (TPSA) is 52.6 Å². The third-order valence-electron chi connectivity index (χ3n) is 2.36. The molecule has 1 unspecified atom stereocenters. The number of ether oxygens (including phenoxy) is 2. The van der Waals surface area contributed by atoms with E-state index in [0.29, 0.717) is 0 Å². The van der Waals surface area contributed by atoms with Crippen molar-refractivity contribution in [2.45, 2.75) is 12.3 Å². The highest BCUT2D eigenvalue weighted by Crippen LogP contribution is 2.24. The van der Waals surface area contributed by atoms with Gasteiger partial charge in [-0.15, -0.1) is 0 Å². The molecule has 92 valence electrons. The zero-order valence-electron chi connectivity index (χ0n) is 9.60. The van der Waals surface area contributed by atoms with Gasteiger partial charge in [-0.25, -0.2) is 4.39 Å². The average Bonchev–Trinajstić information content (AvgIpc) is 2.35. The molecule has 0 fully saturated rings. The van der Waals surface area contributed by atoms with Gasteiger partial charge in [0.05, 0.1) is 26.6 Å². The molecule has 0 N–H and O–H groups in total. The van der Waals surface area contributed by atoms with Crippen LogP contribution in [0.4, 0.5) is 4.39 Å². The molecule has 1 aromatic carbocycles. The molecule has 0 saturated heterocycles. The highest BCUT2D eigenvalue weighted by Gasteiger charge is 2.27. The molecule has 0 bridgehead atoms. The molecule has 0 saturated carbocycles. The van der Waals surface area contributed by atoms with Gasteiger partial charge < -0.3 is 9.47 Å². The molecule has 0 heterocycles. The lowest BCUT2D eigenvalue weighted by molar-refractivity contribution is -0.149. The number of carbonyl (C=O) groups excluding carboxylic acids is 2. The van der Waals surface area contributed by atoms with Gasteiger partial charge in [0.15, 0.2) is 0 Å². The SMILES string of the molecule is COC(=O)CC(C(=O)OC)c1ccccc1F. The summed E-state index contributed by atoms with van der Waals surface area (Å²) in [5.74, 6) is -2.79. The lowest BCUT2D eigenvalue weighted by Gasteiger charge is -2.14. The van der Waals surface area contributed by atoms with E-state index in [9.17, 15) is 14.0 Å². The monoisotopic (exact) mass is 240 g/mol. The van der Waals surface area contributed by atoms with Gasteiger partial charge in [0.2, 0.25) is 0 Å². The highest BCUT2D eigenvalue weighted by atomic mass is 19.1. The number of hydrogen-bond donors (Lipinski definition) is 0. The Bertz CT molecular complexity index is 417. The Hall–Kier alpha value is -1.91. The maximum atomic E-state index is 13.5. The number of esters is 2. The van der Waals surface area contributed by atoms with Crippen LogP contribution < -0.4 is 0 Å². The minimum atomic E-state index is -0.978. The van der Waals surface area contributed by atoms with E-state index in [-0.39, 0.29) is 12.0 Å². The van der Waals surface area contributed by atoms with Crippen LogP contribution in [0.15, 0.2) is 24.3 Å². The zero-order valence-corrected chi connectivity index (χ0v) is 9.60. The van der Waals surface area contributed by atoms with Gasteiger partial charge in [-0.3, -0.25) is 9.59 Å². The second-order valence-electron chi connectivity index (χ2n) is 3.38. The van der Waals surface area contributed by atoms with Crippen LogP contribution >= 0.6 is 0 Å². The number of carbonyl (C=O) groups is 2. The second-order valence-corrected chi connectivity index (χ2v) is 3.38. The highest BCUT2D eigenvalue weighted by molar-refractivity contribution is 5.84. The van der Waals surface area contributed by atoms with E-state index in [1.165, 1.54) is 32.4 Å². The van der Waals surface area contributed by atoms with Gasteiger partial charge in [0, 0.05) is 5.56 Å². The predicted octanol–water partition coefficient (Wildman–Crippen LogP) is 1.65. The van der Waals surface area contributed by atoms with Crippen molar-refractivity contribution in [3.05, 3.63) is 35.6 Å². The van der Waals surface area contributed by atoms with Gasteiger partial charge in [-0.1, -0.05) is 18.2 Å². The van der Waals surface area contributed by atoms with Crippen LogP contribution in [-0.2, 0) is 19.1 Å². The van der Waals surface area contributed by atoms with Crippen LogP contribution in [0.25, 0.3) is 0 Å².